The van der Waals surface area contributed by atoms with Gasteiger partial charge in [0.2, 0.25) is 0 Å². The van der Waals surface area contributed by atoms with Crippen molar-refractivity contribution in [2.45, 2.75) is 32.4 Å². The average Bonchev–Trinajstić information content (AvgIpc) is 2.09. The highest BCUT2D eigenvalue weighted by atomic mass is 16.3. The fraction of sp³-hybridized carbons (Fsp3) is 0.500. The standard InChI is InChI=1S/C10H15NO2/c1-2-5-9(12)8-11-7-4-3-6-10(11)13/h3-4,6-7,9,12H,2,5,8H2,1H3. The first-order valence-corrected chi connectivity index (χ1v) is 4.57. The molecule has 0 saturated carbocycles. The van der Waals surface area contributed by atoms with E-state index in [-0.39, 0.29) is 5.56 Å². The highest BCUT2D eigenvalue weighted by Gasteiger charge is 2.03. The molecule has 1 aromatic heterocycles. The monoisotopic (exact) mass is 181 g/mol. The number of nitrogens with zero attached hydrogens (tertiary/aromatic N) is 1. The van der Waals surface area contributed by atoms with Crippen LogP contribution in [-0.4, -0.2) is 15.8 Å². The van der Waals surface area contributed by atoms with Crippen LogP contribution < -0.4 is 5.56 Å². The molecule has 0 spiro atoms. The Hall–Kier alpha value is -1.09. The molecule has 1 N–H and O–H groups in total. The van der Waals surface area contributed by atoms with Crippen molar-refractivity contribution in [2.24, 2.45) is 0 Å². The summed E-state index contributed by atoms with van der Waals surface area (Å²) in [6.07, 6.45) is 2.95. The first-order chi connectivity index (χ1) is 6.24. The Kier molecular flexibility index (Phi) is 3.71. The summed E-state index contributed by atoms with van der Waals surface area (Å²) in [7, 11) is 0. The predicted molar refractivity (Wildman–Crippen MR) is 51.6 cm³/mol. The van der Waals surface area contributed by atoms with Crippen LogP contribution in [0.2, 0.25) is 0 Å². The maximum atomic E-state index is 11.2. The first kappa shape index (κ1) is 9.99. The van der Waals surface area contributed by atoms with Gasteiger partial charge in [-0.25, -0.2) is 0 Å². The van der Waals surface area contributed by atoms with Crippen molar-refractivity contribution in [3.05, 3.63) is 34.7 Å². The van der Waals surface area contributed by atoms with E-state index < -0.39 is 6.10 Å². The Morgan fingerprint density at radius 3 is 2.92 bits per heavy atom. The molecule has 1 unspecified atom stereocenters. The van der Waals surface area contributed by atoms with E-state index in [1.54, 1.807) is 18.3 Å². The molecule has 1 rings (SSSR count). The Morgan fingerprint density at radius 2 is 2.31 bits per heavy atom. The lowest BCUT2D eigenvalue weighted by Gasteiger charge is -2.10. The summed E-state index contributed by atoms with van der Waals surface area (Å²) in [6.45, 7) is 2.41. The van der Waals surface area contributed by atoms with E-state index in [0.717, 1.165) is 12.8 Å². The van der Waals surface area contributed by atoms with Crippen LogP contribution in [-0.2, 0) is 6.54 Å². The molecule has 0 fully saturated rings. The minimum atomic E-state index is -0.412. The largest absolute Gasteiger partial charge is 0.391 e. The Morgan fingerprint density at radius 1 is 1.54 bits per heavy atom. The topological polar surface area (TPSA) is 42.2 Å². The van der Waals surface area contributed by atoms with E-state index in [1.165, 1.54) is 10.6 Å². The second kappa shape index (κ2) is 4.82. The van der Waals surface area contributed by atoms with Crippen molar-refractivity contribution in [3.8, 4) is 0 Å². The van der Waals surface area contributed by atoms with E-state index in [2.05, 4.69) is 0 Å². The number of hydrogen-bond acceptors (Lipinski definition) is 2. The maximum Gasteiger partial charge on any atom is 0.250 e. The Bertz CT molecular complexity index is 306. The lowest BCUT2D eigenvalue weighted by molar-refractivity contribution is 0.142. The van der Waals surface area contributed by atoms with E-state index in [1.807, 2.05) is 6.92 Å². The van der Waals surface area contributed by atoms with Gasteiger partial charge in [-0.15, -0.1) is 0 Å². The van der Waals surface area contributed by atoms with E-state index in [0.29, 0.717) is 6.54 Å². The van der Waals surface area contributed by atoms with Crippen molar-refractivity contribution in [3.63, 3.8) is 0 Å². The maximum absolute atomic E-state index is 11.2. The van der Waals surface area contributed by atoms with Gasteiger partial charge in [-0.2, -0.15) is 0 Å². The summed E-state index contributed by atoms with van der Waals surface area (Å²) in [5.41, 5.74) is -0.0577. The molecule has 72 valence electrons. The van der Waals surface area contributed by atoms with Crippen LogP contribution in [0, 0.1) is 0 Å². The molecule has 3 nitrogen and oxygen atoms in total. The SMILES string of the molecule is CCCC(O)Cn1ccccc1=O. The zero-order valence-electron chi connectivity index (χ0n) is 7.81. The quantitative estimate of drug-likeness (QED) is 0.753. The van der Waals surface area contributed by atoms with Crippen molar-refractivity contribution in [1.29, 1.82) is 0 Å². The van der Waals surface area contributed by atoms with Gasteiger partial charge in [-0.05, 0) is 12.5 Å². The molecule has 0 radical (unpaired) electrons. The van der Waals surface area contributed by atoms with Gasteiger partial charge in [-0.3, -0.25) is 4.79 Å². The second-order valence-corrected chi connectivity index (χ2v) is 3.13. The van der Waals surface area contributed by atoms with E-state index in [4.69, 9.17) is 0 Å². The van der Waals surface area contributed by atoms with Gasteiger partial charge in [0, 0.05) is 12.3 Å². The summed E-state index contributed by atoms with van der Waals surface area (Å²) in [5.74, 6) is 0. The third-order valence-corrected chi connectivity index (χ3v) is 1.93. The number of aromatic nitrogens is 1. The van der Waals surface area contributed by atoms with Gasteiger partial charge in [0.1, 0.15) is 0 Å². The molecule has 1 aromatic rings. The summed E-state index contributed by atoms with van der Waals surface area (Å²) < 4.78 is 1.53. The van der Waals surface area contributed by atoms with E-state index in [9.17, 15) is 9.90 Å². The number of aliphatic hydroxyl groups excluding tert-OH is 1. The van der Waals surface area contributed by atoms with Crippen molar-refractivity contribution in [1.82, 2.24) is 4.57 Å². The van der Waals surface area contributed by atoms with Crippen LogP contribution in [0.15, 0.2) is 29.2 Å². The molecule has 0 amide bonds. The Balaban J connectivity index is 2.63. The lowest BCUT2D eigenvalue weighted by Crippen LogP contribution is -2.25. The molecule has 1 heterocycles. The van der Waals surface area contributed by atoms with Gasteiger partial charge in [-0.1, -0.05) is 19.4 Å². The van der Waals surface area contributed by atoms with Crippen LogP contribution in [0.25, 0.3) is 0 Å². The fourth-order valence-electron chi connectivity index (χ4n) is 1.26. The fourth-order valence-corrected chi connectivity index (χ4v) is 1.26. The molecule has 0 aromatic carbocycles. The van der Waals surface area contributed by atoms with Crippen LogP contribution in [0.1, 0.15) is 19.8 Å². The number of hydrogen-bond donors (Lipinski definition) is 1. The molecule has 3 heteroatoms. The average molecular weight is 181 g/mol. The van der Waals surface area contributed by atoms with Gasteiger partial charge >= 0.3 is 0 Å². The van der Waals surface area contributed by atoms with Crippen molar-refractivity contribution >= 4 is 0 Å². The molecule has 13 heavy (non-hydrogen) atoms. The highest BCUT2D eigenvalue weighted by molar-refractivity contribution is 4.93. The van der Waals surface area contributed by atoms with Crippen LogP contribution in [0.3, 0.4) is 0 Å². The zero-order valence-corrected chi connectivity index (χ0v) is 7.81. The lowest BCUT2D eigenvalue weighted by atomic mass is 10.2. The number of rotatable bonds is 4. The van der Waals surface area contributed by atoms with Crippen LogP contribution in [0.4, 0.5) is 0 Å². The molecule has 1 atom stereocenters. The molecule has 0 bridgehead atoms. The van der Waals surface area contributed by atoms with Gasteiger partial charge in [0.25, 0.3) is 5.56 Å². The highest BCUT2D eigenvalue weighted by Crippen LogP contribution is 1.98. The molecular formula is C10H15NO2. The van der Waals surface area contributed by atoms with Crippen LogP contribution >= 0.6 is 0 Å². The normalized spacial score (nSPS) is 12.8. The third-order valence-electron chi connectivity index (χ3n) is 1.93. The third kappa shape index (κ3) is 3.03. The van der Waals surface area contributed by atoms with Crippen molar-refractivity contribution in [2.75, 3.05) is 0 Å². The first-order valence-electron chi connectivity index (χ1n) is 4.57. The zero-order chi connectivity index (χ0) is 9.68. The second-order valence-electron chi connectivity index (χ2n) is 3.13. The summed E-state index contributed by atoms with van der Waals surface area (Å²) >= 11 is 0. The number of aliphatic hydroxyl groups is 1. The minimum absolute atomic E-state index is 0.0577. The smallest absolute Gasteiger partial charge is 0.250 e. The molecule has 0 aliphatic carbocycles. The van der Waals surface area contributed by atoms with Gasteiger partial charge in [0.15, 0.2) is 0 Å². The molecule has 0 aliphatic rings. The summed E-state index contributed by atoms with van der Waals surface area (Å²) in [6, 6.07) is 4.99. The molecule has 0 aliphatic heterocycles. The molecule has 0 saturated heterocycles. The number of pyridine rings is 1. The van der Waals surface area contributed by atoms with E-state index >= 15 is 0 Å². The van der Waals surface area contributed by atoms with Crippen molar-refractivity contribution < 1.29 is 5.11 Å². The molecular weight excluding hydrogens is 166 g/mol. The Labute approximate surface area is 77.6 Å². The van der Waals surface area contributed by atoms with Crippen LogP contribution in [0.5, 0.6) is 0 Å². The van der Waals surface area contributed by atoms with Gasteiger partial charge in [0.05, 0.1) is 12.6 Å². The summed E-state index contributed by atoms with van der Waals surface area (Å²) in [4.78, 5) is 11.2. The van der Waals surface area contributed by atoms with Gasteiger partial charge < -0.3 is 9.67 Å². The minimum Gasteiger partial charge on any atom is -0.391 e. The summed E-state index contributed by atoms with van der Waals surface area (Å²) in [5, 5.41) is 9.47. The predicted octanol–water partition coefficient (Wildman–Crippen LogP) is 1.01.